The van der Waals surface area contributed by atoms with E-state index in [1.807, 2.05) is 42.3 Å². The Bertz CT molecular complexity index is 1370. The molecule has 1 saturated heterocycles. The van der Waals surface area contributed by atoms with Crippen LogP contribution in [-0.2, 0) is 21.4 Å². The van der Waals surface area contributed by atoms with Gasteiger partial charge in [0.15, 0.2) is 0 Å². The smallest absolute Gasteiger partial charge is 0.308 e. The number of hydrogen-bond acceptors (Lipinski definition) is 5. The molecule has 2 aliphatic heterocycles. The maximum absolute atomic E-state index is 13.3. The molecule has 2 aromatic rings. The van der Waals surface area contributed by atoms with Crippen LogP contribution in [0.1, 0.15) is 54.0 Å². The van der Waals surface area contributed by atoms with Crippen molar-refractivity contribution in [3.63, 3.8) is 0 Å². The normalized spacial score (nSPS) is 28.9. The maximum Gasteiger partial charge on any atom is 0.308 e. The average molecular weight is 499 g/mol. The Labute approximate surface area is 218 Å². The summed E-state index contributed by atoms with van der Waals surface area (Å²) in [7, 11) is 4.07. The SMILES string of the molecule is CC(=O)Oc1ccc2c3c1C[C@@H]1[C@@H]4CC[C@@H](N(C)C(=O)C#Cc5ccc(C)c(C)c5)[C@H](O2)[C@]34CCN1C. The molecule has 0 unspecified atom stereocenters. The van der Waals surface area contributed by atoms with Crippen LogP contribution in [0, 0.1) is 31.6 Å². The van der Waals surface area contributed by atoms with Crippen LogP contribution in [0.15, 0.2) is 30.3 Å². The molecule has 5 atom stereocenters. The number of likely N-dealkylation sites (N-methyl/N-ethyl adjacent to an activating group) is 2. The fraction of sp³-hybridized carbons (Fsp3) is 0.484. The van der Waals surface area contributed by atoms with Gasteiger partial charge in [-0.1, -0.05) is 12.0 Å². The maximum atomic E-state index is 13.3. The van der Waals surface area contributed by atoms with E-state index in [-0.39, 0.29) is 29.4 Å². The molecular formula is C31H34N2O4. The van der Waals surface area contributed by atoms with Crippen molar-refractivity contribution >= 4 is 11.9 Å². The first-order valence-electron chi connectivity index (χ1n) is 13.3. The summed E-state index contributed by atoms with van der Waals surface area (Å²) in [6, 6.07) is 10.2. The minimum Gasteiger partial charge on any atom is -0.487 e. The molecule has 2 bridgehead atoms. The van der Waals surface area contributed by atoms with Crippen molar-refractivity contribution in [3.05, 3.63) is 58.1 Å². The van der Waals surface area contributed by atoms with Gasteiger partial charge in [0.25, 0.3) is 5.91 Å². The van der Waals surface area contributed by atoms with Crippen molar-refractivity contribution in [3.8, 4) is 23.3 Å². The van der Waals surface area contributed by atoms with Crippen molar-refractivity contribution in [2.24, 2.45) is 5.92 Å². The number of carbonyl (C=O) groups excluding carboxylic acids is 2. The number of aryl methyl sites for hydroxylation is 2. The lowest BCUT2D eigenvalue weighted by molar-refractivity contribution is -0.134. The first-order valence-corrected chi connectivity index (χ1v) is 13.3. The molecule has 1 saturated carbocycles. The quantitative estimate of drug-likeness (QED) is 0.358. The Balaban J connectivity index is 1.36. The molecule has 0 aromatic heterocycles. The Hall–Kier alpha value is -3.30. The Morgan fingerprint density at radius 3 is 2.73 bits per heavy atom. The van der Waals surface area contributed by atoms with E-state index in [0.717, 1.165) is 49.1 Å². The Morgan fingerprint density at radius 2 is 1.97 bits per heavy atom. The summed E-state index contributed by atoms with van der Waals surface area (Å²) in [6.45, 7) is 6.56. The number of rotatable bonds is 2. The first-order chi connectivity index (χ1) is 17.7. The third kappa shape index (κ3) is 3.59. The Kier molecular flexibility index (Phi) is 5.61. The molecule has 37 heavy (non-hydrogen) atoms. The molecule has 192 valence electrons. The van der Waals surface area contributed by atoms with Crippen molar-refractivity contribution in [2.75, 3.05) is 20.6 Å². The van der Waals surface area contributed by atoms with E-state index >= 15 is 0 Å². The summed E-state index contributed by atoms with van der Waals surface area (Å²) in [5.41, 5.74) is 5.37. The fourth-order valence-electron chi connectivity index (χ4n) is 7.54. The first kappa shape index (κ1) is 24.1. The lowest BCUT2D eigenvalue weighted by Gasteiger charge is -2.59. The number of carbonyl (C=O) groups is 2. The van der Waals surface area contributed by atoms with Gasteiger partial charge in [0.2, 0.25) is 0 Å². The average Bonchev–Trinajstić information content (AvgIpc) is 3.20. The van der Waals surface area contributed by atoms with Crippen molar-refractivity contribution in [1.82, 2.24) is 9.80 Å². The summed E-state index contributed by atoms with van der Waals surface area (Å²) < 4.78 is 12.4. The van der Waals surface area contributed by atoms with E-state index in [4.69, 9.17) is 9.47 Å². The Morgan fingerprint density at radius 1 is 1.16 bits per heavy atom. The number of hydrogen-bond donors (Lipinski definition) is 0. The van der Waals surface area contributed by atoms with Crippen LogP contribution in [0.5, 0.6) is 11.5 Å². The molecule has 0 radical (unpaired) electrons. The highest BCUT2D eigenvalue weighted by atomic mass is 16.5. The molecule has 2 aromatic carbocycles. The molecule has 1 amide bonds. The number of esters is 1. The lowest BCUT2D eigenvalue weighted by atomic mass is 9.51. The summed E-state index contributed by atoms with van der Waals surface area (Å²) >= 11 is 0. The van der Waals surface area contributed by atoms with Gasteiger partial charge in [-0.3, -0.25) is 9.59 Å². The molecule has 6 nitrogen and oxygen atoms in total. The summed E-state index contributed by atoms with van der Waals surface area (Å²) in [4.78, 5) is 29.5. The second-order valence-electron chi connectivity index (χ2n) is 11.3. The van der Waals surface area contributed by atoms with Gasteiger partial charge in [0.05, 0.1) is 6.04 Å². The minimum atomic E-state index is -0.306. The zero-order valence-corrected chi connectivity index (χ0v) is 22.3. The number of nitrogens with zero attached hydrogens (tertiary/aromatic N) is 2. The van der Waals surface area contributed by atoms with Gasteiger partial charge in [-0.25, -0.2) is 0 Å². The van der Waals surface area contributed by atoms with Crippen molar-refractivity contribution < 1.29 is 19.1 Å². The second-order valence-corrected chi connectivity index (χ2v) is 11.3. The van der Waals surface area contributed by atoms with Gasteiger partial charge in [-0.15, -0.1) is 0 Å². The molecule has 2 aliphatic carbocycles. The molecule has 1 spiro atoms. The van der Waals surface area contributed by atoms with E-state index in [1.165, 1.54) is 23.6 Å². The van der Waals surface area contributed by atoms with Crippen LogP contribution in [0.4, 0.5) is 0 Å². The molecule has 4 aliphatic rings. The van der Waals surface area contributed by atoms with E-state index < -0.39 is 0 Å². The van der Waals surface area contributed by atoms with Gasteiger partial charge in [-0.05, 0) is 94.4 Å². The largest absolute Gasteiger partial charge is 0.487 e. The molecule has 0 N–H and O–H groups in total. The van der Waals surface area contributed by atoms with Gasteiger partial charge in [0, 0.05) is 48.0 Å². The van der Waals surface area contributed by atoms with Crippen molar-refractivity contribution in [2.45, 2.75) is 70.1 Å². The summed E-state index contributed by atoms with van der Waals surface area (Å²) in [5, 5.41) is 0. The second kappa shape index (κ2) is 8.63. The number of benzene rings is 2. The molecule has 6 heteroatoms. The van der Waals surface area contributed by atoms with Crippen molar-refractivity contribution in [1.29, 1.82) is 0 Å². The number of likely N-dealkylation sites (tertiary alicyclic amines) is 1. The highest BCUT2D eigenvalue weighted by Gasteiger charge is 2.66. The highest BCUT2D eigenvalue weighted by Crippen LogP contribution is 2.63. The molecular weight excluding hydrogens is 464 g/mol. The number of ether oxygens (including phenoxy) is 2. The standard InChI is InChI=1S/C31H34N2O4/c1-18-6-7-21(16-19(18)2)8-13-28(35)33(5)24-10-9-23-25-17-22-26(36-20(3)34)11-12-27-29(22)31(23,30(24)37-27)14-15-32(25)4/h6-7,11-12,16,23-25,30H,9-10,14-15,17H2,1-5H3/t23-,24+,25+,30-,31-/m0/s1. The molecule has 2 fully saturated rings. The van der Waals surface area contributed by atoms with Crippen LogP contribution in [0.25, 0.3) is 0 Å². The third-order valence-corrected chi connectivity index (χ3v) is 9.46. The van der Waals surface area contributed by atoms with E-state index in [9.17, 15) is 9.59 Å². The summed E-state index contributed by atoms with van der Waals surface area (Å²) in [6.07, 6.45) is 3.59. The molecule has 2 heterocycles. The van der Waals surface area contributed by atoms with Crippen LogP contribution in [-0.4, -0.2) is 60.5 Å². The van der Waals surface area contributed by atoms with Crippen LogP contribution >= 0.6 is 0 Å². The van der Waals surface area contributed by atoms with E-state index in [1.54, 1.807) is 0 Å². The highest BCUT2D eigenvalue weighted by molar-refractivity contribution is 5.94. The van der Waals surface area contributed by atoms with Crippen LogP contribution in [0.3, 0.4) is 0 Å². The predicted octanol–water partition coefficient (Wildman–Crippen LogP) is 3.78. The monoisotopic (exact) mass is 498 g/mol. The van der Waals surface area contributed by atoms with Crippen LogP contribution < -0.4 is 9.47 Å². The summed E-state index contributed by atoms with van der Waals surface area (Å²) in [5.74, 6) is 7.46. The third-order valence-electron chi connectivity index (χ3n) is 9.46. The minimum absolute atomic E-state index is 0.0719. The van der Waals surface area contributed by atoms with Gasteiger partial charge >= 0.3 is 5.97 Å². The van der Waals surface area contributed by atoms with Gasteiger partial charge in [-0.2, -0.15) is 0 Å². The van der Waals surface area contributed by atoms with E-state index in [0.29, 0.717) is 17.7 Å². The molecule has 6 rings (SSSR count). The predicted molar refractivity (Wildman–Crippen MR) is 141 cm³/mol. The zero-order valence-electron chi connectivity index (χ0n) is 22.3. The lowest BCUT2D eigenvalue weighted by Crippen LogP contribution is -2.68. The fourth-order valence-corrected chi connectivity index (χ4v) is 7.54. The number of amides is 1. The van der Waals surface area contributed by atoms with E-state index in [2.05, 4.69) is 37.6 Å². The van der Waals surface area contributed by atoms with Crippen LogP contribution in [0.2, 0.25) is 0 Å². The van der Waals surface area contributed by atoms with Gasteiger partial charge < -0.3 is 19.3 Å². The topological polar surface area (TPSA) is 59.1 Å². The zero-order chi connectivity index (χ0) is 26.1. The number of piperidine rings is 1. The van der Waals surface area contributed by atoms with Gasteiger partial charge in [0.1, 0.15) is 17.6 Å².